The molecule has 0 aliphatic heterocycles. The number of hydrogen-bond donors (Lipinski definition) is 0. The molecule has 2 heterocycles. The number of aromatic nitrogens is 2. The Morgan fingerprint density at radius 1 is 0.621 bits per heavy atom. The van der Waals surface area contributed by atoms with E-state index in [1.54, 1.807) is 22.7 Å². The van der Waals surface area contributed by atoms with Crippen molar-refractivity contribution in [3.05, 3.63) is 81.8 Å². The molecule has 2 aromatic carbocycles. The van der Waals surface area contributed by atoms with Crippen LogP contribution in [-0.2, 0) is 0 Å². The first-order valence-electron chi connectivity index (χ1n) is 9.99. The van der Waals surface area contributed by atoms with Crippen LogP contribution in [0.1, 0.15) is 40.4 Å². The Kier molecular flexibility index (Phi) is 4.90. The van der Waals surface area contributed by atoms with Crippen LogP contribution >= 0.6 is 22.7 Å². The number of allylic oxidation sites excluding steroid dienone is 2. The lowest BCUT2D eigenvalue weighted by Gasteiger charge is -2.05. The van der Waals surface area contributed by atoms with Crippen molar-refractivity contribution in [2.24, 2.45) is 0 Å². The van der Waals surface area contributed by atoms with E-state index >= 15 is 0 Å². The number of rotatable bonds is 4. The molecule has 0 bridgehead atoms. The summed E-state index contributed by atoms with van der Waals surface area (Å²) in [6.45, 7) is 4.40. The fourth-order valence-corrected chi connectivity index (χ4v) is 5.92. The third-order valence-electron chi connectivity index (χ3n) is 5.42. The average Bonchev–Trinajstić information content (AvgIpc) is 3.47. The molecule has 0 saturated heterocycles. The van der Waals surface area contributed by atoms with Crippen molar-refractivity contribution in [3.63, 3.8) is 0 Å². The largest absolute Gasteiger partial charge is 0.236 e. The molecule has 2 aromatic heterocycles. The van der Waals surface area contributed by atoms with Crippen molar-refractivity contribution in [1.29, 1.82) is 0 Å². The van der Waals surface area contributed by atoms with Gasteiger partial charge < -0.3 is 0 Å². The lowest BCUT2D eigenvalue weighted by molar-refractivity contribution is 0.936. The second-order valence-corrected chi connectivity index (χ2v) is 9.80. The van der Waals surface area contributed by atoms with Crippen LogP contribution in [0.5, 0.6) is 0 Å². The van der Waals surface area contributed by atoms with Gasteiger partial charge in [0.2, 0.25) is 0 Å². The Balaban J connectivity index is 1.58. The van der Waals surface area contributed by atoms with Gasteiger partial charge in [0, 0.05) is 20.9 Å². The summed E-state index contributed by atoms with van der Waals surface area (Å²) < 4.78 is 0. The minimum absolute atomic E-state index is 1.09. The molecule has 5 rings (SSSR count). The van der Waals surface area contributed by atoms with Gasteiger partial charge in [0.25, 0.3) is 0 Å². The molecule has 1 aliphatic rings. The van der Waals surface area contributed by atoms with Gasteiger partial charge in [-0.3, -0.25) is 0 Å². The fourth-order valence-electron chi connectivity index (χ4n) is 4.03. The smallest absolute Gasteiger partial charge is 0.124 e. The first-order valence-corrected chi connectivity index (χ1v) is 11.6. The zero-order chi connectivity index (χ0) is 19.8. The van der Waals surface area contributed by atoms with E-state index in [4.69, 9.17) is 9.97 Å². The van der Waals surface area contributed by atoms with Gasteiger partial charge in [-0.15, -0.1) is 22.7 Å². The van der Waals surface area contributed by atoms with Crippen LogP contribution < -0.4 is 0 Å². The highest BCUT2D eigenvalue weighted by atomic mass is 32.1. The van der Waals surface area contributed by atoms with Gasteiger partial charge in [-0.1, -0.05) is 60.7 Å². The minimum atomic E-state index is 1.09. The molecule has 2 nitrogen and oxygen atoms in total. The molecular formula is C25H22N2S2. The molecule has 4 aromatic rings. The molecule has 0 saturated carbocycles. The Labute approximate surface area is 179 Å². The fraction of sp³-hybridized carbons (Fsp3) is 0.200. The van der Waals surface area contributed by atoms with E-state index in [1.165, 1.54) is 49.8 Å². The van der Waals surface area contributed by atoms with Gasteiger partial charge in [0.05, 0.1) is 11.4 Å². The van der Waals surface area contributed by atoms with E-state index in [0.717, 1.165) is 22.9 Å². The van der Waals surface area contributed by atoms with E-state index in [9.17, 15) is 0 Å². The maximum Gasteiger partial charge on any atom is 0.124 e. The topological polar surface area (TPSA) is 25.8 Å². The Morgan fingerprint density at radius 2 is 1.03 bits per heavy atom. The third-order valence-corrected chi connectivity index (χ3v) is 7.46. The highest BCUT2D eigenvalue weighted by Crippen LogP contribution is 2.44. The summed E-state index contributed by atoms with van der Waals surface area (Å²) in [5.41, 5.74) is 7.54. The van der Waals surface area contributed by atoms with Crippen molar-refractivity contribution in [2.45, 2.75) is 33.1 Å². The standard InChI is InChI=1S/C25H22N2S2/c1-16-22(26-24(28-16)18-10-5-3-6-11-18)20-14-9-15-21(20)23-17(2)29-25(27-23)19-12-7-4-8-13-19/h3-8,10-13H,9,14-15H2,1-2H3. The molecule has 0 atom stereocenters. The molecule has 29 heavy (non-hydrogen) atoms. The summed E-state index contributed by atoms with van der Waals surface area (Å²) in [6.07, 6.45) is 3.36. The van der Waals surface area contributed by atoms with Crippen LogP contribution in [0.2, 0.25) is 0 Å². The molecular weight excluding hydrogens is 392 g/mol. The summed E-state index contributed by atoms with van der Waals surface area (Å²) >= 11 is 3.59. The maximum absolute atomic E-state index is 5.07. The second-order valence-electron chi connectivity index (χ2n) is 7.39. The molecule has 0 radical (unpaired) electrons. The lowest BCUT2D eigenvalue weighted by atomic mass is 10.0. The predicted octanol–water partition coefficient (Wildman–Crippen LogP) is 7.65. The first-order chi connectivity index (χ1) is 14.2. The quantitative estimate of drug-likeness (QED) is 0.343. The number of benzene rings is 2. The van der Waals surface area contributed by atoms with Gasteiger partial charge in [0.1, 0.15) is 10.0 Å². The van der Waals surface area contributed by atoms with Crippen molar-refractivity contribution in [3.8, 4) is 21.1 Å². The van der Waals surface area contributed by atoms with E-state index < -0.39 is 0 Å². The van der Waals surface area contributed by atoms with Gasteiger partial charge in [-0.25, -0.2) is 9.97 Å². The van der Waals surface area contributed by atoms with Crippen LogP contribution in [0, 0.1) is 13.8 Å². The molecule has 0 N–H and O–H groups in total. The van der Waals surface area contributed by atoms with Gasteiger partial charge >= 0.3 is 0 Å². The number of nitrogens with zero attached hydrogens (tertiary/aromatic N) is 2. The zero-order valence-corrected chi connectivity index (χ0v) is 18.2. The number of thiazole rings is 2. The summed E-state index contributed by atoms with van der Waals surface area (Å²) in [4.78, 5) is 12.7. The van der Waals surface area contributed by atoms with Crippen molar-refractivity contribution in [1.82, 2.24) is 9.97 Å². The second kappa shape index (κ2) is 7.69. The third kappa shape index (κ3) is 3.47. The average molecular weight is 415 g/mol. The van der Waals surface area contributed by atoms with E-state index in [0.29, 0.717) is 0 Å². The van der Waals surface area contributed by atoms with Crippen LogP contribution in [-0.4, -0.2) is 9.97 Å². The monoisotopic (exact) mass is 414 g/mol. The van der Waals surface area contributed by atoms with Gasteiger partial charge in [-0.2, -0.15) is 0 Å². The van der Waals surface area contributed by atoms with Crippen LogP contribution in [0.4, 0.5) is 0 Å². The van der Waals surface area contributed by atoms with Crippen LogP contribution in [0.3, 0.4) is 0 Å². The van der Waals surface area contributed by atoms with Crippen molar-refractivity contribution < 1.29 is 0 Å². The van der Waals surface area contributed by atoms with Gasteiger partial charge in [-0.05, 0) is 44.3 Å². The Hall–Kier alpha value is -2.56. The van der Waals surface area contributed by atoms with Gasteiger partial charge in [0.15, 0.2) is 0 Å². The van der Waals surface area contributed by atoms with Crippen molar-refractivity contribution >= 4 is 33.8 Å². The molecule has 0 fully saturated rings. The maximum atomic E-state index is 5.07. The van der Waals surface area contributed by atoms with E-state index in [1.807, 2.05) is 0 Å². The highest BCUT2D eigenvalue weighted by molar-refractivity contribution is 7.15. The highest BCUT2D eigenvalue weighted by Gasteiger charge is 2.25. The summed E-state index contributed by atoms with van der Waals surface area (Å²) in [5, 5.41) is 2.22. The van der Waals surface area contributed by atoms with E-state index in [-0.39, 0.29) is 0 Å². The van der Waals surface area contributed by atoms with E-state index in [2.05, 4.69) is 74.5 Å². The minimum Gasteiger partial charge on any atom is -0.236 e. The summed E-state index contributed by atoms with van der Waals surface area (Å²) in [6, 6.07) is 21.0. The predicted molar refractivity (Wildman–Crippen MR) is 125 cm³/mol. The van der Waals surface area contributed by atoms with Crippen LogP contribution in [0.15, 0.2) is 60.7 Å². The lowest BCUT2D eigenvalue weighted by Crippen LogP contribution is -1.91. The number of aryl methyl sites for hydroxylation is 2. The molecule has 0 spiro atoms. The molecule has 4 heteroatoms. The molecule has 144 valence electrons. The normalized spacial score (nSPS) is 14.0. The molecule has 1 aliphatic carbocycles. The van der Waals surface area contributed by atoms with Crippen LogP contribution in [0.25, 0.3) is 32.3 Å². The SMILES string of the molecule is Cc1sc(-c2ccccc2)nc1C1=C(c2nc(-c3ccccc3)sc2C)CCC1. The van der Waals surface area contributed by atoms with Crippen molar-refractivity contribution in [2.75, 3.05) is 0 Å². The molecule has 0 unspecified atom stereocenters. The number of hydrogen-bond acceptors (Lipinski definition) is 4. The molecule has 0 amide bonds. The Morgan fingerprint density at radius 3 is 1.45 bits per heavy atom. The summed E-state index contributed by atoms with van der Waals surface area (Å²) in [5.74, 6) is 0. The Bertz CT molecular complexity index is 1090. The zero-order valence-electron chi connectivity index (χ0n) is 16.6. The first kappa shape index (κ1) is 18.5. The summed E-state index contributed by atoms with van der Waals surface area (Å²) in [7, 11) is 0.